The molecule has 3 aromatic carbocycles. The number of hydrogen-bond acceptors (Lipinski definition) is 9. The third-order valence-electron chi connectivity index (χ3n) is 7.90. The first-order valence-electron chi connectivity index (χ1n) is 14.7. The quantitative estimate of drug-likeness (QED) is 0.113. The van der Waals surface area contributed by atoms with Gasteiger partial charge in [0.2, 0.25) is 0 Å². The predicted molar refractivity (Wildman–Crippen MR) is 169 cm³/mol. The van der Waals surface area contributed by atoms with Gasteiger partial charge in [-0.2, -0.15) is 0 Å². The monoisotopic (exact) mass is 626 g/mol. The molecular formula is C33H34N6O7. The lowest BCUT2D eigenvalue weighted by atomic mass is 9.82. The molecule has 5 rings (SSSR count). The number of fused-ring (bicyclic) bond motifs is 1. The van der Waals surface area contributed by atoms with Crippen molar-refractivity contribution in [2.75, 3.05) is 23.9 Å². The van der Waals surface area contributed by atoms with Crippen molar-refractivity contribution in [3.05, 3.63) is 118 Å². The van der Waals surface area contributed by atoms with Crippen molar-refractivity contribution in [3.63, 3.8) is 0 Å². The number of nitrogens with zero attached hydrogens (tertiary/aromatic N) is 5. The number of aliphatic hydroxyl groups is 2. The third-order valence-corrected chi connectivity index (χ3v) is 7.90. The summed E-state index contributed by atoms with van der Waals surface area (Å²) in [7, 11) is 1.54. The Kier molecular flexibility index (Phi) is 9.54. The minimum absolute atomic E-state index is 0.0219. The molecule has 46 heavy (non-hydrogen) atoms. The lowest BCUT2D eigenvalue weighted by molar-refractivity contribution is -0.385. The number of aliphatic hydroxyl groups excluding tert-OH is 1. The van der Waals surface area contributed by atoms with Crippen LogP contribution in [-0.2, 0) is 29.9 Å². The molecule has 2 heterocycles. The van der Waals surface area contributed by atoms with Crippen molar-refractivity contribution < 1.29 is 29.5 Å². The fourth-order valence-electron chi connectivity index (χ4n) is 5.40. The van der Waals surface area contributed by atoms with E-state index >= 15 is 0 Å². The molecule has 238 valence electrons. The van der Waals surface area contributed by atoms with E-state index in [-0.39, 0.29) is 30.3 Å². The second-order valence-electron chi connectivity index (χ2n) is 11.0. The minimum Gasteiger partial charge on any atom is -0.497 e. The van der Waals surface area contributed by atoms with E-state index in [9.17, 15) is 24.8 Å². The standard InChI is InChI=1S/C33H34N6O7/c1-22(6-3-4-16-37-21-26(15-17-40)35-36-37)33(43)29-19-27(39(44)45)11-14-30(29)38(32(33)42)20-23-7-5-8-25(18-23)34-31(41)24-9-12-28(46-2)13-10-24/h3,5-14,18-19,21-22,40,43H,4,15-17,20H2,1-2H3,(H,34,41)/b6-3+/t22-,33+/m0/s1. The molecule has 1 aliphatic rings. The van der Waals surface area contributed by atoms with E-state index in [1.807, 2.05) is 6.08 Å². The third kappa shape index (κ3) is 6.65. The number of nitrogens with one attached hydrogen (secondary N) is 1. The van der Waals surface area contributed by atoms with E-state index in [4.69, 9.17) is 9.84 Å². The number of methoxy groups -OCH3 is 1. The predicted octanol–water partition coefficient (Wildman–Crippen LogP) is 4.00. The molecule has 13 nitrogen and oxygen atoms in total. The summed E-state index contributed by atoms with van der Waals surface area (Å²) in [4.78, 5) is 39.3. The zero-order valence-corrected chi connectivity index (χ0v) is 25.4. The Bertz CT molecular complexity index is 1770. The molecule has 1 aromatic heterocycles. The molecule has 0 bridgehead atoms. The highest BCUT2D eigenvalue weighted by Gasteiger charge is 2.53. The van der Waals surface area contributed by atoms with E-state index in [1.165, 1.54) is 23.1 Å². The number of nitro groups is 1. The van der Waals surface area contributed by atoms with Crippen molar-refractivity contribution in [2.45, 2.75) is 38.5 Å². The van der Waals surface area contributed by atoms with Crippen LogP contribution >= 0.6 is 0 Å². The Morgan fingerprint density at radius 1 is 1.17 bits per heavy atom. The first kappa shape index (κ1) is 32.0. The summed E-state index contributed by atoms with van der Waals surface area (Å²) in [6, 6.07) is 17.7. The molecule has 2 atom stereocenters. The molecule has 1 aliphatic heterocycles. The number of amides is 2. The molecule has 0 aliphatic carbocycles. The summed E-state index contributed by atoms with van der Waals surface area (Å²) >= 11 is 0. The van der Waals surface area contributed by atoms with Crippen molar-refractivity contribution in [2.24, 2.45) is 5.92 Å². The summed E-state index contributed by atoms with van der Waals surface area (Å²) in [5.74, 6) is -1.04. The van der Waals surface area contributed by atoms with Crippen LogP contribution in [0.15, 0.2) is 85.1 Å². The molecule has 0 unspecified atom stereocenters. The number of aryl methyl sites for hydroxylation is 1. The summed E-state index contributed by atoms with van der Waals surface area (Å²) < 4.78 is 6.79. The maximum absolute atomic E-state index is 14.0. The SMILES string of the molecule is COc1ccc(C(=O)Nc2cccc(CN3C(=O)[C@@](O)([C@@H](C)/C=C/CCn4cc(CCO)nn4)c4cc([N+](=O)[O-])ccc43)c2)cc1. The van der Waals surface area contributed by atoms with Crippen LogP contribution in [0.3, 0.4) is 0 Å². The Morgan fingerprint density at radius 3 is 2.67 bits per heavy atom. The van der Waals surface area contributed by atoms with Gasteiger partial charge in [0.05, 0.1) is 30.0 Å². The van der Waals surface area contributed by atoms with E-state index in [2.05, 4.69) is 15.6 Å². The largest absolute Gasteiger partial charge is 0.497 e. The normalized spacial score (nSPS) is 16.4. The van der Waals surface area contributed by atoms with Gasteiger partial charge in [-0.25, -0.2) is 0 Å². The van der Waals surface area contributed by atoms with E-state index in [0.29, 0.717) is 53.3 Å². The number of anilines is 2. The number of rotatable bonds is 13. The Balaban J connectivity index is 1.35. The Hall–Kier alpha value is -5.40. The highest BCUT2D eigenvalue weighted by atomic mass is 16.6. The van der Waals surface area contributed by atoms with Gasteiger partial charge in [0, 0.05) is 60.6 Å². The molecule has 3 N–H and O–H groups in total. The van der Waals surface area contributed by atoms with Gasteiger partial charge in [0.1, 0.15) is 5.75 Å². The molecule has 2 amide bonds. The fraction of sp³-hybridized carbons (Fsp3) is 0.273. The van der Waals surface area contributed by atoms with Gasteiger partial charge in [-0.05, 0) is 54.4 Å². The highest BCUT2D eigenvalue weighted by molar-refractivity contribution is 6.07. The number of carbonyl (C=O) groups is 2. The molecule has 0 saturated carbocycles. The van der Waals surface area contributed by atoms with Crippen LogP contribution in [0.1, 0.15) is 40.5 Å². The van der Waals surface area contributed by atoms with Crippen LogP contribution in [-0.4, -0.2) is 55.7 Å². The summed E-state index contributed by atoms with van der Waals surface area (Å²) in [6.07, 6.45) is 6.21. The van der Waals surface area contributed by atoms with Gasteiger partial charge in [0.25, 0.3) is 17.5 Å². The van der Waals surface area contributed by atoms with E-state index in [0.717, 1.165) is 0 Å². The van der Waals surface area contributed by atoms with Gasteiger partial charge in [0.15, 0.2) is 5.60 Å². The molecule has 0 fully saturated rings. The van der Waals surface area contributed by atoms with Crippen molar-refractivity contribution in [1.29, 1.82) is 0 Å². The molecule has 0 saturated heterocycles. The topological polar surface area (TPSA) is 173 Å². The number of carbonyl (C=O) groups excluding carboxylic acids is 2. The van der Waals surface area contributed by atoms with Crippen LogP contribution in [0.25, 0.3) is 0 Å². The summed E-state index contributed by atoms with van der Waals surface area (Å²) in [5, 5.41) is 43.5. The zero-order valence-electron chi connectivity index (χ0n) is 25.4. The zero-order chi connectivity index (χ0) is 32.8. The Morgan fingerprint density at radius 2 is 1.96 bits per heavy atom. The lowest BCUT2D eigenvalue weighted by Crippen LogP contribution is -2.44. The van der Waals surface area contributed by atoms with Crippen LogP contribution in [0.5, 0.6) is 5.75 Å². The van der Waals surface area contributed by atoms with Crippen LogP contribution in [0.2, 0.25) is 0 Å². The molecule has 0 spiro atoms. The van der Waals surface area contributed by atoms with Crippen molar-refractivity contribution in [1.82, 2.24) is 15.0 Å². The molecule has 4 aromatic rings. The number of benzene rings is 3. The average Bonchev–Trinajstić information content (AvgIpc) is 3.59. The summed E-state index contributed by atoms with van der Waals surface area (Å²) in [6.45, 7) is 2.21. The van der Waals surface area contributed by atoms with E-state index < -0.39 is 22.3 Å². The molecule has 0 radical (unpaired) electrons. The number of hydrogen-bond donors (Lipinski definition) is 3. The number of nitro benzene ring substituents is 1. The lowest BCUT2D eigenvalue weighted by Gasteiger charge is -2.27. The van der Waals surface area contributed by atoms with Crippen LogP contribution < -0.4 is 15.0 Å². The molecule has 13 heteroatoms. The summed E-state index contributed by atoms with van der Waals surface area (Å²) in [5.41, 5.74) is 0.520. The average molecular weight is 627 g/mol. The molecular weight excluding hydrogens is 592 g/mol. The second-order valence-corrected chi connectivity index (χ2v) is 11.0. The van der Waals surface area contributed by atoms with Crippen molar-refractivity contribution >= 4 is 28.9 Å². The van der Waals surface area contributed by atoms with Crippen molar-refractivity contribution in [3.8, 4) is 5.75 Å². The van der Waals surface area contributed by atoms with Gasteiger partial charge >= 0.3 is 0 Å². The van der Waals surface area contributed by atoms with Gasteiger partial charge in [-0.3, -0.25) is 24.4 Å². The van der Waals surface area contributed by atoms with Crippen LogP contribution in [0, 0.1) is 16.0 Å². The maximum Gasteiger partial charge on any atom is 0.269 e. The second kappa shape index (κ2) is 13.7. The number of non-ortho nitro benzene ring substituents is 1. The number of ether oxygens (including phenoxy) is 1. The number of allylic oxidation sites excluding steroid dienone is 1. The fourth-order valence-corrected chi connectivity index (χ4v) is 5.40. The maximum atomic E-state index is 14.0. The van der Waals surface area contributed by atoms with Gasteiger partial charge in [-0.15, -0.1) is 5.10 Å². The Labute approximate surface area is 264 Å². The number of aromatic nitrogens is 3. The first-order valence-corrected chi connectivity index (χ1v) is 14.7. The minimum atomic E-state index is -2.06. The van der Waals surface area contributed by atoms with Crippen LogP contribution in [0.4, 0.5) is 17.1 Å². The van der Waals surface area contributed by atoms with Gasteiger partial charge < -0.3 is 25.2 Å². The smallest absolute Gasteiger partial charge is 0.269 e. The van der Waals surface area contributed by atoms with E-state index in [1.54, 1.807) is 79.5 Å². The first-order chi connectivity index (χ1) is 22.1. The van der Waals surface area contributed by atoms with Gasteiger partial charge in [-0.1, -0.05) is 36.4 Å². The highest BCUT2D eigenvalue weighted by Crippen LogP contribution is 2.47.